The maximum Gasteiger partial charge on any atom is 0.261 e. The van der Waals surface area contributed by atoms with E-state index in [9.17, 15) is 9.59 Å². The summed E-state index contributed by atoms with van der Waals surface area (Å²) in [6, 6.07) is 7.34. The summed E-state index contributed by atoms with van der Waals surface area (Å²) in [4.78, 5) is 28.9. The lowest BCUT2D eigenvalue weighted by Gasteiger charge is -2.12. The van der Waals surface area contributed by atoms with E-state index in [1.807, 2.05) is 25.1 Å². The van der Waals surface area contributed by atoms with Crippen LogP contribution < -0.4 is 10.9 Å². The molecule has 1 aliphatic rings. The van der Waals surface area contributed by atoms with Crippen LogP contribution in [0.3, 0.4) is 0 Å². The number of amides is 1. The first kappa shape index (κ1) is 16.6. The number of aromatic nitrogens is 2. The summed E-state index contributed by atoms with van der Waals surface area (Å²) in [6.07, 6.45) is 2.04. The molecule has 0 aliphatic carbocycles. The minimum Gasteiger partial charge on any atom is -0.381 e. The fraction of sp³-hybridized carbons (Fsp3) is 0.500. The molecule has 1 aromatic heterocycles. The van der Waals surface area contributed by atoms with Crippen LogP contribution in [0.1, 0.15) is 25.1 Å². The number of nitrogens with one attached hydrogen (secondary N) is 1. The highest BCUT2D eigenvalue weighted by Crippen LogP contribution is 2.11. The van der Waals surface area contributed by atoms with E-state index >= 15 is 0 Å². The Bertz CT molecular complexity index is 779. The first-order chi connectivity index (χ1) is 11.6. The van der Waals surface area contributed by atoms with E-state index in [4.69, 9.17) is 4.74 Å². The van der Waals surface area contributed by atoms with Crippen LogP contribution in [0, 0.1) is 12.8 Å². The number of fused-ring (bicyclic) bond motifs is 1. The van der Waals surface area contributed by atoms with Crippen molar-refractivity contribution in [3.63, 3.8) is 0 Å². The van der Waals surface area contributed by atoms with Crippen LogP contribution in [0.25, 0.3) is 10.9 Å². The van der Waals surface area contributed by atoms with Crippen molar-refractivity contribution in [2.45, 2.75) is 32.7 Å². The summed E-state index contributed by atoms with van der Waals surface area (Å²) < 4.78 is 6.95. The van der Waals surface area contributed by atoms with Gasteiger partial charge in [-0.05, 0) is 31.9 Å². The minimum absolute atomic E-state index is 0.0290. The van der Waals surface area contributed by atoms with Crippen LogP contribution in [0.5, 0.6) is 0 Å². The van der Waals surface area contributed by atoms with Crippen LogP contribution in [0.4, 0.5) is 0 Å². The van der Waals surface area contributed by atoms with Crippen molar-refractivity contribution >= 4 is 16.8 Å². The van der Waals surface area contributed by atoms with Gasteiger partial charge in [-0.2, -0.15) is 0 Å². The highest BCUT2D eigenvalue weighted by molar-refractivity contribution is 5.77. The molecule has 128 valence electrons. The summed E-state index contributed by atoms with van der Waals surface area (Å²) >= 11 is 0. The SMILES string of the molecule is Cc1nc2ccccc2c(=O)n1CCCC(=O)NC[C@@H]1CCOC1. The second-order valence-corrected chi connectivity index (χ2v) is 6.27. The molecular formula is C18H23N3O3. The van der Waals surface area contributed by atoms with Gasteiger partial charge in [0.15, 0.2) is 0 Å². The molecule has 1 aromatic carbocycles. The van der Waals surface area contributed by atoms with Gasteiger partial charge in [-0.15, -0.1) is 0 Å². The first-order valence-corrected chi connectivity index (χ1v) is 8.46. The third kappa shape index (κ3) is 3.82. The topological polar surface area (TPSA) is 73.2 Å². The Morgan fingerprint density at radius 1 is 1.42 bits per heavy atom. The van der Waals surface area contributed by atoms with Crippen molar-refractivity contribution in [3.8, 4) is 0 Å². The third-order valence-electron chi connectivity index (χ3n) is 4.45. The lowest BCUT2D eigenvalue weighted by Crippen LogP contribution is -2.30. The van der Waals surface area contributed by atoms with Crippen molar-refractivity contribution in [3.05, 3.63) is 40.4 Å². The maximum atomic E-state index is 12.5. The number of ether oxygens (including phenoxy) is 1. The predicted molar refractivity (Wildman–Crippen MR) is 91.9 cm³/mol. The van der Waals surface area contributed by atoms with E-state index in [2.05, 4.69) is 10.3 Å². The normalized spacial score (nSPS) is 17.3. The van der Waals surface area contributed by atoms with E-state index in [1.165, 1.54) is 0 Å². The molecular weight excluding hydrogens is 306 g/mol. The zero-order chi connectivity index (χ0) is 16.9. The monoisotopic (exact) mass is 329 g/mol. The lowest BCUT2D eigenvalue weighted by molar-refractivity contribution is -0.121. The maximum absolute atomic E-state index is 12.5. The average Bonchev–Trinajstić information content (AvgIpc) is 3.09. The van der Waals surface area contributed by atoms with Crippen LogP contribution in [0.2, 0.25) is 0 Å². The van der Waals surface area contributed by atoms with Crippen LogP contribution >= 0.6 is 0 Å². The third-order valence-corrected chi connectivity index (χ3v) is 4.45. The molecule has 6 heteroatoms. The number of benzene rings is 1. The molecule has 0 bridgehead atoms. The first-order valence-electron chi connectivity index (χ1n) is 8.46. The molecule has 0 unspecified atom stereocenters. The van der Waals surface area contributed by atoms with E-state index in [0.29, 0.717) is 48.6 Å². The Hall–Kier alpha value is -2.21. The van der Waals surface area contributed by atoms with Crippen LogP contribution in [-0.4, -0.2) is 35.2 Å². The highest BCUT2D eigenvalue weighted by atomic mass is 16.5. The molecule has 1 amide bonds. The standard InChI is InChI=1S/C18H23N3O3/c1-13-20-16-6-3-2-5-15(16)18(23)21(13)9-4-7-17(22)19-11-14-8-10-24-12-14/h2-3,5-6,14H,4,7-12H2,1H3,(H,19,22)/t14-/m0/s1. The molecule has 3 rings (SSSR count). The van der Waals surface area contributed by atoms with Gasteiger partial charge in [0.25, 0.3) is 5.56 Å². The lowest BCUT2D eigenvalue weighted by atomic mass is 10.1. The Morgan fingerprint density at radius 3 is 3.04 bits per heavy atom. The molecule has 0 spiro atoms. The zero-order valence-electron chi connectivity index (χ0n) is 14.0. The van der Waals surface area contributed by atoms with Gasteiger partial charge in [0, 0.05) is 32.0 Å². The van der Waals surface area contributed by atoms with E-state index in [0.717, 1.165) is 19.6 Å². The fourth-order valence-electron chi connectivity index (χ4n) is 3.03. The summed E-state index contributed by atoms with van der Waals surface area (Å²) in [6.45, 7) is 4.53. The van der Waals surface area contributed by atoms with E-state index in [1.54, 1.807) is 10.6 Å². The fourth-order valence-corrected chi connectivity index (χ4v) is 3.03. The molecule has 6 nitrogen and oxygen atoms in total. The number of rotatable bonds is 6. The molecule has 1 aliphatic heterocycles. The number of nitrogens with zero attached hydrogens (tertiary/aromatic N) is 2. The average molecular weight is 329 g/mol. The second-order valence-electron chi connectivity index (χ2n) is 6.27. The highest BCUT2D eigenvalue weighted by Gasteiger charge is 2.16. The molecule has 1 fully saturated rings. The molecule has 1 atom stereocenters. The number of aryl methyl sites for hydroxylation is 1. The largest absolute Gasteiger partial charge is 0.381 e. The Labute approximate surface area is 140 Å². The summed E-state index contributed by atoms with van der Waals surface area (Å²) in [7, 11) is 0. The predicted octanol–water partition coefficient (Wildman–Crippen LogP) is 1.64. The van der Waals surface area contributed by atoms with Crippen molar-refractivity contribution < 1.29 is 9.53 Å². The second kappa shape index (κ2) is 7.57. The number of para-hydroxylation sites is 1. The Morgan fingerprint density at radius 2 is 2.25 bits per heavy atom. The van der Waals surface area contributed by atoms with Gasteiger partial charge in [0.05, 0.1) is 17.5 Å². The van der Waals surface area contributed by atoms with Crippen molar-refractivity contribution in [2.24, 2.45) is 5.92 Å². The summed E-state index contributed by atoms with van der Waals surface area (Å²) in [5.41, 5.74) is 0.675. The smallest absolute Gasteiger partial charge is 0.261 e. The van der Waals surface area contributed by atoms with E-state index in [-0.39, 0.29) is 11.5 Å². The molecule has 1 saturated heterocycles. The summed E-state index contributed by atoms with van der Waals surface area (Å²) in [5.74, 6) is 1.15. The minimum atomic E-state index is -0.0402. The van der Waals surface area contributed by atoms with Crippen molar-refractivity contribution in [2.75, 3.05) is 19.8 Å². The quantitative estimate of drug-likeness (QED) is 0.874. The van der Waals surface area contributed by atoms with Crippen molar-refractivity contribution in [1.82, 2.24) is 14.9 Å². The molecule has 2 heterocycles. The van der Waals surface area contributed by atoms with Gasteiger partial charge in [0.2, 0.25) is 5.91 Å². The molecule has 24 heavy (non-hydrogen) atoms. The summed E-state index contributed by atoms with van der Waals surface area (Å²) in [5, 5.41) is 3.57. The number of carbonyl (C=O) groups excluding carboxylic acids is 1. The van der Waals surface area contributed by atoms with Gasteiger partial charge >= 0.3 is 0 Å². The number of hydrogen-bond acceptors (Lipinski definition) is 4. The van der Waals surface area contributed by atoms with Gasteiger partial charge in [-0.25, -0.2) is 4.98 Å². The Balaban J connectivity index is 1.55. The molecule has 1 N–H and O–H groups in total. The number of hydrogen-bond donors (Lipinski definition) is 1. The molecule has 2 aromatic rings. The van der Waals surface area contributed by atoms with Gasteiger partial charge < -0.3 is 10.1 Å². The number of carbonyl (C=O) groups is 1. The van der Waals surface area contributed by atoms with Crippen LogP contribution in [-0.2, 0) is 16.1 Å². The van der Waals surface area contributed by atoms with Crippen molar-refractivity contribution in [1.29, 1.82) is 0 Å². The Kier molecular flexibility index (Phi) is 5.25. The van der Waals surface area contributed by atoms with Crippen LogP contribution in [0.15, 0.2) is 29.1 Å². The zero-order valence-corrected chi connectivity index (χ0v) is 14.0. The van der Waals surface area contributed by atoms with Gasteiger partial charge in [-0.3, -0.25) is 14.2 Å². The van der Waals surface area contributed by atoms with Gasteiger partial charge in [-0.1, -0.05) is 12.1 Å². The molecule has 0 saturated carbocycles. The van der Waals surface area contributed by atoms with E-state index < -0.39 is 0 Å². The van der Waals surface area contributed by atoms with Gasteiger partial charge in [0.1, 0.15) is 5.82 Å². The molecule has 0 radical (unpaired) electrons.